The molecule has 0 spiro atoms. The SMILES string of the molecule is C[Si](N)(N)O[Si](C)(c1ccccc1)c1ccccc1. The topological polar surface area (TPSA) is 61.3 Å². The van der Waals surface area contributed by atoms with Crippen LogP contribution in [0.15, 0.2) is 60.7 Å². The minimum Gasteiger partial charge on any atom is -0.426 e. The molecule has 0 unspecified atom stereocenters. The van der Waals surface area contributed by atoms with Gasteiger partial charge in [-0.15, -0.1) is 0 Å². The first-order valence-corrected chi connectivity index (χ1v) is 11.3. The second-order valence-corrected chi connectivity index (χ2v) is 11.5. The molecule has 0 atom stereocenters. The summed E-state index contributed by atoms with van der Waals surface area (Å²) < 4.78 is 6.23. The van der Waals surface area contributed by atoms with Gasteiger partial charge in [-0.1, -0.05) is 60.7 Å². The highest BCUT2D eigenvalue weighted by atomic mass is 28.4. The van der Waals surface area contributed by atoms with Crippen LogP contribution in [0.4, 0.5) is 0 Å². The monoisotopic (exact) mass is 288 g/mol. The van der Waals surface area contributed by atoms with Gasteiger partial charge in [-0.25, -0.2) is 0 Å². The van der Waals surface area contributed by atoms with Gasteiger partial charge in [-0.3, -0.25) is 0 Å². The molecule has 0 saturated heterocycles. The van der Waals surface area contributed by atoms with Gasteiger partial charge in [-0.05, 0) is 23.5 Å². The van der Waals surface area contributed by atoms with E-state index in [-0.39, 0.29) is 0 Å². The molecule has 0 fully saturated rings. The summed E-state index contributed by atoms with van der Waals surface area (Å²) in [6.45, 7) is 3.98. The van der Waals surface area contributed by atoms with E-state index in [2.05, 4.69) is 30.8 Å². The molecule has 0 aliphatic rings. The molecule has 0 heterocycles. The van der Waals surface area contributed by atoms with Crippen molar-refractivity contribution in [3.05, 3.63) is 60.7 Å². The van der Waals surface area contributed by atoms with Crippen LogP contribution in [0.3, 0.4) is 0 Å². The molecular formula is C14H20N2OSi2. The molecule has 2 aromatic carbocycles. The Labute approximate surface area is 116 Å². The second-order valence-electron chi connectivity index (χ2n) is 5.05. The van der Waals surface area contributed by atoms with E-state index in [1.54, 1.807) is 0 Å². The Morgan fingerprint density at radius 3 is 1.42 bits per heavy atom. The molecule has 0 bridgehead atoms. The number of benzene rings is 2. The molecule has 0 aromatic heterocycles. The van der Waals surface area contributed by atoms with Crippen molar-refractivity contribution in [1.82, 2.24) is 0 Å². The van der Waals surface area contributed by atoms with Crippen LogP contribution in [0.5, 0.6) is 0 Å². The van der Waals surface area contributed by atoms with Crippen LogP contribution in [0.1, 0.15) is 0 Å². The Hall–Kier alpha value is -1.25. The first kappa shape index (κ1) is 14.2. The number of hydrogen-bond acceptors (Lipinski definition) is 3. The summed E-state index contributed by atoms with van der Waals surface area (Å²) in [6.07, 6.45) is 0. The Balaban J connectivity index is 2.51. The highest BCUT2D eigenvalue weighted by Gasteiger charge is 2.39. The first-order valence-electron chi connectivity index (χ1n) is 6.31. The number of nitrogens with two attached hydrogens (primary N) is 2. The molecule has 2 aromatic rings. The van der Waals surface area contributed by atoms with Crippen LogP contribution in [0, 0.1) is 0 Å². The van der Waals surface area contributed by atoms with Gasteiger partial charge in [0.25, 0.3) is 0 Å². The molecule has 5 heteroatoms. The summed E-state index contributed by atoms with van der Waals surface area (Å²) in [5, 5.41) is 14.4. The van der Waals surface area contributed by atoms with Crippen molar-refractivity contribution in [1.29, 1.82) is 0 Å². The maximum absolute atomic E-state index is 6.23. The molecular weight excluding hydrogens is 268 g/mol. The van der Waals surface area contributed by atoms with Gasteiger partial charge in [0.2, 0.25) is 8.32 Å². The lowest BCUT2D eigenvalue weighted by Gasteiger charge is -2.34. The van der Waals surface area contributed by atoms with E-state index in [0.717, 1.165) is 0 Å². The van der Waals surface area contributed by atoms with E-state index in [4.69, 9.17) is 14.9 Å². The highest BCUT2D eigenvalue weighted by molar-refractivity contribution is 7.00. The third kappa shape index (κ3) is 3.40. The Morgan fingerprint density at radius 1 is 0.737 bits per heavy atom. The van der Waals surface area contributed by atoms with E-state index in [1.807, 2.05) is 42.9 Å². The lowest BCUT2D eigenvalue weighted by Crippen LogP contribution is -2.69. The lowest BCUT2D eigenvalue weighted by atomic mass is 10.4. The predicted molar refractivity (Wildman–Crippen MR) is 84.8 cm³/mol. The standard InChI is InChI=1S/C14H20N2OSi2/c1-18(17-19(2,15)16,13-9-5-3-6-10-13)14-11-7-4-8-12-14/h3-12H,15-16H2,1-2H3. The van der Waals surface area contributed by atoms with Gasteiger partial charge in [0.15, 0.2) is 0 Å². The van der Waals surface area contributed by atoms with E-state index in [1.165, 1.54) is 10.4 Å². The van der Waals surface area contributed by atoms with Crippen LogP contribution in [0.2, 0.25) is 13.1 Å². The van der Waals surface area contributed by atoms with Crippen LogP contribution in [-0.2, 0) is 4.12 Å². The zero-order valence-electron chi connectivity index (χ0n) is 11.3. The molecule has 4 N–H and O–H groups in total. The van der Waals surface area contributed by atoms with Gasteiger partial charge in [-0.2, -0.15) is 0 Å². The average Bonchev–Trinajstić information content (AvgIpc) is 2.39. The minimum absolute atomic E-state index is 1.19. The van der Waals surface area contributed by atoms with Crippen molar-refractivity contribution in [2.24, 2.45) is 10.8 Å². The molecule has 0 amide bonds. The average molecular weight is 288 g/mol. The van der Waals surface area contributed by atoms with Crippen LogP contribution in [-0.4, -0.2) is 17.0 Å². The fraction of sp³-hybridized carbons (Fsp3) is 0.143. The van der Waals surface area contributed by atoms with E-state index in [9.17, 15) is 0 Å². The largest absolute Gasteiger partial charge is 0.426 e. The van der Waals surface area contributed by atoms with Crippen molar-refractivity contribution in [3.63, 3.8) is 0 Å². The van der Waals surface area contributed by atoms with Gasteiger partial charge >= 0.3 is 8.64 Å². The normalized spacial score (nSPS) is 12.4. The summed E-state index contributed by atoms with van der Waals surface area (Å²) in [6, 6.07) is 20.5. The quantitative estimate of drug-likeness (QED) is 0.821. The van der Waals surface area contributed by atoms with E-state index >= 15 is 0 Å². The van der Waals surface area contributed by atoms with Gasteiger partial charge in [0, 0.05) is 0 Å². The smallest absolute Gasteiger partial charge is 0.333 e. The van der Waals surface area contributed by atoms with Crippen LogP contribution >= 0.6 is 0 Å². The molecule has 0 aliphatic carbocycles. The third-order valence-corrected chi connectivity index (χ3v) is 9.34. The van der Waals surface area contributed by atoms with Crippen LogP contribution < -0.4 is 21.2 Å². The van der Waals surface area contributed by atoms with Gasteiger partial charge < -0.3 is 14.9 Å². The van der Waals surface area contributed by atoms with Crippen LogP contribution in [0.25, 0.3) is 0 Å². The Kier molecular flexibility index (Phi) is 4.03. The van der Waals surface area contributed by atoms with Crippen molar-refractivity contribution in [2.45, 2.75) is 13.1 Å². The zero-order valence-corrected chi connectivity index (χ0v) is 13.3. The zero-order chi connectivity index (χ0) is 13.9. The maximum Gasteiger partial charge on any atom is 0.333 e. The van der Waals surface area contributed by atoms with Crippen molar-refractivity contribution in [3.8, 4) is 0 Å². The molecule has 0 radical (unpaired) electrons. The summed E-state index contributed by atoms with van der Waals surface area (Å²) in [7, 11) is -4.92. The second kappa shape index (κ2) is 5.40. The summed E-state index contributed by atoms with van der Waals surface area (Å²) in [5.41, 5.74) is 0. The maximum atomic E-state index is 6.23. The third-order valence-electron chi connectivity index (χ3n) is 3.07. The lowest BCUT2D eigenvalue weighted by molar-refractivity contribution is 0.558. The molecule has 0 saturated carbocycles. The van der Waals surface area contributed by atoms with Crippen molar-refractivity contribution in [2.75, 3.05) is 0 Å². The van der Waals surface area contributed by atoms with E-state index in [0.29, 0.717) is 0 Å². The first-order chi connectivity index (χ1) is 8.92. The molecule has 3 nitrogen and oxygen atoms in total. The molecule has 100 valence electrons. The Morgan fingerprint density at radius 2 is 1.11 bits per heavy atom. The summed E-state index contributed by atoms with van der Waals surface area (Å²) in [4.78, 5) is 0. The fourth-order valence-corrected chi connectivity index (χ4v) is 8.69. The van der Waals surface area contributed by atoms with Gasteiger partial charge in [0.05, 0.1) is 0 Å². The highest BCUT2D eigenvalue weighted by Crippen LogP contribution is 2.09. The number of rotatable bonds is 4. The Bertz CT molecular complexity index is 487. The fourth-order valence-electron chi connectivity index (χ4n) is 2.24. The summed E-state index contributed by atoms with van der Waals surface area (Å²) in [5.74, 6) is 0. The molecule has 19 heavy (non-hydrogen) atoms. The minimum atomic E-state index is -2.60. The van der Waals surface area contributed by atoms with E-state index < -0.39 is 17.0 Å². The van der Waals surface area contributed by atoms with Crippen molar-refractivity contribution < 1.29 is 4.12 Å². The predicted octanol–water partition coefficient (Wildman–Crippen LogP) is 0.879. The summed E-state index contributed by atoms with van der Waals surface area (Å²) >= 11 is 0. The van der Waals surface area contributed by atoms with Gasteiger partial charge in [0.1, 0.15) is 0 Å². The van der Waals surface area contributed by atoms with Crippen molar-refractivity contribution >= 4 is 27.3 Å². The molecule has 0 aliphatic heterocycles. The number of hydrogen-bond donors (Lipinski definition) is 2. The molecule has 2 rings (SSSR count).